The SMILES string of the molecule is OCC(O)CNc1cc(Cl)ccc1Br. The first-order valence-corrected chi connectivity index (χ1v) is 5.28. The fraction of sp³-hybridized carbons (Fsp3) is 0.333. The van der Waals surface area contributed by atoms with Gasteiger partial charge in [0, 0.05) is 21.7 Å². The van der Waals surface area contributed by atoms with Crippen molar-refractivity contribution in [3.05, 3.63) is 27.7 Å². The molecule has 0 aliphatic rings. The molecule has 1 rings (SSSR count). The average Bonchev–Trinajstić information content (AvgIpc) is 2.19. The van der Waals surface area contributed by atoms with Crippen molar-refractivity contribution >= 4 is 33.2 Å². The van der Waals surface area contributed by atoms with Crippen LogP contribution < -0.4 is 5.32 Å². The number of aliphatic hydroxyl groups is 2. The molecule has 3 N–H and O–H groups in total. The minimum Gasteiger partial charge on any atom is -0.394 e. The van der Waals surface area contributed by atoms with Gasteiger partial charge in [-0.25, -0.2) is 0 Å². The lowest BCUT2D eigenvalue weighted by Crippen LogP contribution is -2.23. The van der Waals surface area contributed by atoms with Crippen molar-refractivity contribution < 1.29 is 10.2 Å². The van der Waals surface area contributed by atoms with E-state index in [1.165, 1.54) is 0 Å². The van der Waals surface area contributed by atoms with Crippen molar-refractivity contribution in [2.24, 2.45) is 0 Å². The van der Waals surface area contributed by atoms with Gasteiger partial charge in [-0.1, -0.05) is 11.6 Å². The van der Waals surface area contributed by atoms with E-state index in [-0.39, 0.29) is 13.2 Å². The van der Waals surface area contributed by atoms with E-state index < -0.39 is 6.10 Å². The van der Waals surface area contributed by atoms with Gasteiger partial charge >= 0.3 is 0 Å². The van der Waals surface area contributed by atoms with Crippen LogP contribution in [0.4, 0.5) is 5.69 Å². The molecule has 0 saturated heterocycles. The molecule has 1 atom stereocenters. The van der Waals surface area contributed by atoms with Crippen molar-refractivity contribution in [3.8, 4) is 0 Å². The molecule has 0 bridgehead atoms. The van der Waals surface area contributed by atoms with Gasteiger partial charge in [-0.15, -0.1) is 0 Å². The van der Waals surface area contributed by atoms with Crippen LogP contribution in [0.1, 0.15) is 0 Å². The third-order valence-corrected chi connectivity index (χ3v) is 2.59. The molecule has 0 radical (unpaired) electrons. The van der Waals surface area contributed by atoms with Crippen LogP contribution in [0.2, 0.25) is 5.02 Å². The van der Waals surface area contributed by atoms with E-state index in [1.54, 1.807) is 12.1 Å². The van der Waals surface area contributed by atoms with Crippen LogP contribution in [0.25, 0.3) is 0 Å². The quantitative estimate of drug-likeness (QED) is 0.789. The highest BCUT2D eigenvalue weighted by atomic mass is 79.9. The summed E-state index contributed by atoms with van der Waals surface area (Å²) >= 11 is 9.13. The Morgan fingerprint density at radius 2 is 2.21 bits per heavy atom. The molecule has 5 heteroatoms. The summed E-state index contributed by atoms with van der Waals surface area (Å²) in [6, 6.07) is 5.32. The van der Waals surface area contributed by atoms with E-state index in [1.807, 2.05) is 6.07 Å². The number of rotatable bonds is 4. The summed E-state index contributed by atoms with van der Waals surface area (Å²) in [5.74, 6) is 0. The monoisotopic (exact) mass is 279 g/mol. The lowest BCUT2D eigenvalue weighted by Gasteiger charge is -2.11. The first kappa shape index (κ1) is 11.8. The summed E-state index contributed by atoms with van der Waals surface area (Å²) in [6.45, 7) is 0.0284. The first-order chi connectivity index (χ1) is 6.63. The maximum absolute atomic E-state index is 9.12. The Morgan fingerprint density at radius 3 is 2.86 bits per heavy atom. The van der Waals surface area contributed by atoms with Crippen molar-refractivity contribution in [3.63, 3.8) is 0 Å². The molecule has 78 valence electrons. The van der Waals surface area contributed by atoms with Gasteiger partial charge in [0.15, 0.2) is 0 Å². The molecule has 0 fully saturated rings. The maximum Gasteiger partial charge on any atom is 0.0942 e. The van der Waals surface area contributed by atoms with E-state index in [4.69, 9.17) is 21.8 Å². The Kier molecular flexibility index (Phi) is 4.68. The standard InChI is InChI=1S/C9H11BrClNO2/c10-8-2-1-6(11)3-9(8)12-4-7(14)5-13/h1-3,7,12-14H,4-5H2. The smallest absolute Gasteiger partial charge is 0.0942 e. The fourth-order valence-corrected chi connectivity index (χ4v) is 1.48. The van der Waals surface area contributed by atoms with Crippen LogP contribution in [-0.2, 0) is 0 Å². The molecule has 1 aromatic rings. The van der Waals surface area contributed by atoms with Gasteiger partial charge < -0.3 is 15.5 Å². The minimum atomic E-state index is -0.763. The molecule has 0 aliphatic heterocycles. The Hall–Kier alpha value is -0.290. The van der Waals surface area contributed by atoms with Gasteiger partial charge in [0.2, 0.25) is 0 Å². The summed E-state index contributed by atoms with van der Waals surface area (Å²) in [7, 11) is 0. The van der Waals surface area contributed by atoms with Crippen LogP contribution >= 0.6 is 27.5 Å². The van der Waals surface area contributed by atoms with Crippen molar-refractivity contribution in [1.82, 2.24) is 0 Å². The van der Waals surface area contributed by atoms with Crippen molar-refractivity contribution in [1.29, 1.82) is 0 Å². The molecule has 1 unspecified atom stereocenters. The zero-order chi connectivity index (χ0) is 10.6. The third-order valence-electron chi connectivity index (χ3n) is 1.67. The zero-order valence-electron chi connectivity index (χ0n) is 7.37. The second-order valence-electron chi connectivity index (χ2n) is 2.84. The summed E-state index contributed by atoms with van der Waals surface area (Å²) in [6.07, 6.45) is -0.763. The van der Waals surface area contributed by atoms with Gasteiger partial charge in [-0.05, 0) is 34.1 Å². The highest BCUT2D eigenvalue weighted by molar-refractivity contribution is 9.10. The Bertz CT molecular complexity index is 309. The molecule has 0 heterocycles. The molecule has 0 aliphatic carbocycles. The number of nitrogens with one attached hydrogen (secondary N) is 1. The van der Waals surface area contributed by atoms with Crippen molar-refractivity contribution in [2.45, 2.75) is 6.10 Å². The molecule has 0 aromatic heterocycles. The molecule has 14 heavy (non-hydrogen) atoms. The maximum atomic E-state index is 9.12. The highest BCUT2D eigenvalue weighted by Crippen LogP contribution is 2.25. The minimum absolute atomic E-state index is 0.259. The molecule has 3 nitrogen and oxygen atoms in total. The van der Waals surface area contributed by atoms with Crippen LogP contribution in [0.15, 0.2) is 22.7 Å². The van der Waals surface area contributed by atoms with E-state index in [0.717, 1.165) is 10.2 Å². The second kappa shape index (κ2) is 5.56. The van der Waals surface area contributed by atoms with E-state index in [9.17, 15) is 0 Å². The van der Waals surface area contributed by atoms with E-state index in [2.05, 4.69) is 21.2 Å². The number of benzene rings is 1. The van der Waals surface area contributed by atoms with Gasteiger partial charge in [-0.3, -0.25) is 0 Å². The summed E-state index contributed by atoms with van der Waals surface area (Å²) in [5, 5.41) is 21.3. The molecular weight excluding hydrogens is 269 g/mol. The Morgan fingerprint density at radius 1 is 1.50 bits per heavy atom. The van der Waals surface area contributed by atoms with Gasteiger partial charge in [0.25, 0.3) is 0 Å². The normalized spacial score (nSPS) is 12.6. The number of aliphatic hydroxyl groups excluding tert-OH is 2. The predicted octanol–water partition coefficient (Wildman–Crippen LogP) is 1.87. The molecule has 0 saturated carbocycles. The number of halogens is 2. The highest BCUT2D eigenvalue weighted by Gasteiger charge is 2.04. The molecule has 0 amide bonds. The largest absolute Gasteiger partial charge is 0.394 e. The summed E-state index contributed by atoms with van der Waals surface area (Å²) in [5.41, 5.74) is 0.796. The number of anilines is 1. The lowest BCUT2D eigenvalue weighted by molar-refractivity contribution is 0.105. The molecular formula is C9H11BrClNO2. The first-order valence-electron chi connectivity index (χ1n) is 4.11. The van der Waals surface area contributed by atoms with Crippen LogP contribution in [-0.4, -0.2) is 29.5 Å². The third kappa shape index (κ3) is 3.46. The Labute approximate surface area is 95.8 Å². The average molecular weight is 281 g/mol. The molecule has 1 aromatic carbocycles. The molecule has 0 spiro atoms. The van der Waals surface area contributed by atoms with Gasteiger partial charge in [0.05, 0.1) is 12.7 Å². The van der Waals surface area contributed by atoms with Gasteiger partial charge in [0.1, 0.15) is 0 Å². The Balaban J connectivity index is 2.62. The van der Waals surface area contributed by atoms with Crippen LogP contribution in [0.5, 0.6) is 0 Å². The summed E-state index contributed by atoms with van der Waals surface area (Å²) in [4.78, 5) is 0. The summed E-state index contributed by atoms with van der Waals surface area (Å²) < 4.78 is 0.868. The zero-order valence-corrected chi connectivity index (χ0v) is 9.72. The van der Waals surface area contributed by atoms with Crippen LogP contribution in [0.3, 0.4) is 0 Å². The topological polar surface area (TPSA) is 52.5 Å². The number of hydrogen-bond acceptors (Lipinski definition) is 3. The lowest BCUT2D eigenvalue weighted by atomic mass is 10.3. The number of hydrogen-bond donors (Lipinski definition) is 3. The predicted molar refractivity (Wildman–Crippen MR) is 60.7 cm³/mol. The van der Waals surface area contributed by atoms with E-state index >= 15 is 0 Å². The second-order valence-corrected chi connectivity index (χ2v) is 4.13. The van der Waals surface area contributed by atoms with E-state index in [0.29, 0.717) is 5.02 Å². The van der Waals surface area contributed by atoms with Crippen LogP contribution in [0, 0.1) is 0 Å². The van der Waals surface area contributed by atoms with Gasteiger partial charge in [-0.2, -0.15) is 0 Å². The fourth-order valence-electron chi connectivity index (χ4n) is 0.925. The van der Waals surface area contributed by atoms with Crippen molar-refractivity contribution in [2.75, 3.05) is 18.5 Å².